The smallest absolute Gasteiger partial charge is 0.0808 e. The van der Waals surface area contributed by atoms with E-state index >= 15 is 0 Å². The van der Waals surface area contributed by atoms with E-state index in [-0.39, 0.29) is 11.1 Å². The molecule has 0 aliphatic carbocycles. The van der Waals surface area contributed by atoms with Crippen LogP contribution in [0.5, 0.6) is 0 Å². The molecule has 13 heavy (non-hydrogen) atoms. The molecule has 0 aromatic carbocycles. The van der Waals surface area contributed by atoms with Crippen molar-refractivity contribution in [3.63, 3.8) is 0 Å². The number of hydrogen-bond acceptors (Lipinski definition) is 2. The van der Waals surface area contributed by atoms with Gasteiger partial charge in [-0.05, 0) is 32.6 Å². The summed E-state index contributed by atoms with van der Waals surface area (Å²) >= 11 is 0. The van der Waals surface area contributed by atoms with Gasteiger partial charge < -0.3 is 10.5 Å². The lowest BCUT2D eigenvalue weighted by Crippen LogP contribution is -2.58. The van der Waals surface area contributed by atoms with E-state index in [1.165, 1.54) is 12.8 Å². The Hall–Kier alpha value is -0.0800. The molecule has 78 valence electrons. The molecule has 2 atom stereocenters. The van der Waals surface area contributed by atoms with Crippen LogP contribution in [0.15, 0.2) is 0 Å². The summed E-state index contributed by atoms with van der Waals surface area (Å²) in [6.07, 6.45) is 3.40. The first-order valence-electron chi connectivity index (χ1n) is 5.37. The van der Waals surface area contributed by atoms with Crippen LogP contribution in [0.1, 0.15) is 47.0 Å². The molecule has 1 aliphatic rings. The summed E-state index contributed by atoms with van der Waals surface area (Å²) in [5, 5.41) is 0. The molecule has 0 spiro atoms. The number of hydrogen-bond donors (Lipinski definition) is 1. The lowest BCUT2D eigenvalue weighted by molar-refractivity contribution is -0.0166. The molecule has 2 N–H and O–H groups in total. The first kappa shape index (κ1) is 11.0. The van der Waals surface area contributed by atoms with Gasteiger partial charge in [0.1, 0.15) is 0 Å². The SMILES string of the molecule is CCCC(C)C1(N)CCOC1(C)C. The van der Waals surface area contributed by atoms with E-state index in [1.807, 2.05) is 0 Å². The van der Waals surface area contributed by atoms with E-state index in [2.05, 4.69) is 27.7 Å². The lowest BCUT2D eigenvalue weighted by atomic mass is 9.72. The highest BCUT2D eigenvalue weighted by molar-refractivity contribution is 5.06. The average molecular weight is 185 g/mol. The van der Waals surface area contributed by atoms with Gasteiger partial charge in [-0.2, -0.15) is 0 Å². The second-order valence-electron chi connectivity index (χ2n) is 4.84. The third kappa shape index (κ3) is 1.75. The van der Waals surface area contributed by atoms with Crippen LogP contribution in [0.2, 0.25) is 0 Å². The summed E-state index contributed by atoms with van der Waals surface area (Å²) in [7, 11) is 0. The zero-order chi connectivity index (χ0) is 10.1. The summed E-state index contributed by atoms with van der Waals surface area (Å²) in [4.78, 5) is 0. The van der Waals surface area contributed by atoms with E-state index < -0.39 is 0 Å². The molecule has 2 heteroatoms. The Labute approximate surface area is 81.8 Å². The van der Waals surface area contributed by atoms with Gasteiger partial charge in [0.15, 0.2) is 0 Å². The minimum absolute atomic E-state index is 0.122. The second-order valence-corrected chi connectivity index (χ2v) is 4.84. The maximum Gasteiger partial charge on any atom is 0.0808 e. The summed E-state index contributed by atoms with van der Waals surface area (Å²) in [5.41, 5.74) is 6.17. The van der Waals surface area contributed by atoms with Gasteiger partial charge in [-0.3, -0.25) is 0 Å². The molecule has 0 amide bonds. The van der Waals surface area contributed by atoms with Gasteiger partial charge in [-0.25, -0.2) is 0 Å². The first-order valence-corrected chi connectivity index (χ1v) is 5.37. The summed E-state index contributed by atoms with van der Waals surface area (Å²) in [5.74, 6) is 0.551. The van der Waals surface area contributed by atoms with Gasteiger partial charge in [-0.15, -0.1) is 0 Å². The lowest BCUT2D eigenvalue weighted by Gasteiger charge is -2.41. The van der Waals surface area contributed by atoms with Gasteiger partial charge in [0.25, 0.3) is 0 Å². The van der Waals surface area contributed by atoms with Crippen LogP contribution in [-0.2, 0) is 4.74 Å². The normalized spacial score (nSPS) is 34.8. The maximum absolute atomic E-state index is 6.44. The van der Waals surface area contributed by atoms with Crippen molar-refractivity contribution >= 4 is 0 Å². The Morgan fingerprint density at radius 2 is 2.08 bits per heavy atom. The first-order chi connectivity index (χ1) is 5.94. The van der Waals surface area contributed by atoms with Gasteiger partial charge in [-0.1, -0.05) is 20.3 Å². The number of ether oxygens (including phenoxy) is 1. The molecular weight excluding hydrogens is 162 g/mol. The predicted octanol–water partition coefficient (Wildman–Crippen LogP) is 2.32. The van der Waals surface area contributed by atoms with Crippen molar-refractivity contribution < 1.29 is 4.74 Å². The summed E-state index contributed by atoms with van der Waals surface area (Å²) in [6.45, 7) is 9.51. The van der Waals surface area contributed by atoms with E-state index in [9.17, 15) is 0 Å². The third-order valence-electron chi connectivity index (χ3n) is 3.70. The molecule has 1 heterocycles. The van der Waals surface area contributed by atoms with E-state index in [4.69, 9.17) is 10.5 Å². The molecule has 0 aromatic rings. The summed E-state index contributed by atoms with van der Waals surface area (Å²) < 4.78 is 5.70. The van der Waals surface area contributed by atoms with Crippen molar-refractivity contribution in [3.8, 4) is 0 Å². The van der Waals surface area contributed by atoms with Gasteiger partial charge >= 0.3 is 0 Å². The van der Waals surface area contributed by atoms with Crippen molar-refractivity contribution in [2.24, 2.45) is 11.7 Å². The van der Waals surface area contributed by atoms with Crippen LogP contribution in [-0.4, -0.2) is 17.7 Å². The minimum Gasteiger partial charge on any atom is -0.374 e. The molecule has 1 saturated heterocycles. The molecule has 0 aromatic heterocycles. The predicted molar refractivity (Wildman–Crippen MR) is 55.6 cm³/mol. The Morgan fingerprint density at radius 1 is 1.46 bits per heavy atom. The molecule has 2 unspecified atom stereocenters. The topological polar surface area (TPSA) is 35.2 Å². The Kier molecular flexibility index (Phi) is 3.03. The average Bonchev–Trinajstić information content (AvgIpc) is 2.28. The molecule has 0 bridgehead atoms. The second kappa shape index (κ2) is 3.58. The Morgan fingerprint density at radius 3 is 2.46 bits per heavy atom. The minimum atomic E-state index is -0.151. The fourth-order valence-corrected chi connectivity index (χ4v) is 2.44. The Bertz CT molecular complexity index is 179. The highest BCUT2D eigenvalue weighted by Gasteiger charge is 2.50. The van der Waals surface area contributed by atoms with E-state index in [0.717, 1.165) is 13.0 Å². The van der Waals surface area contributed by atoms with Crippen molar-refractivity contribution in [1.29, 1.82) is 0 Å². The van der Waals surface area contributed by atoms with Crippen LogP contribution in [0.4, 0.5) is 0 Å². The van der Waals surface area contributed by atoms with Crippen LogP contribution >= 0.6 is 0 Å². The van der Waals surface area contributed by atoms with Crippen molar-refractivity contribution in [2.45, 2.75) is 58.1 Å². The van der Waals surface area contributed by atoms with Crippen molar-refractivity contribution in [3.05, 3.63) is 0 Å². The Balaban J connectivity index is 2.74. The summed E-state index contributed by atoms with van der Waals surface area (Å²) in [6, 6.07) is 0. The monoisotopic (exact) mass is 185 g/mol. The number of nitrogens with two attached hydrogens (primary N) is 1. The highest BCUT2D eigenvalue weighted by atomic mass is 16.5. The third-order valence-corrected chi connectivity index (χ3v) is 3.70. The fraction of sp³-hybridized carbons (Fsp3) is 1.00. The molecule has 1 rings (SSSR count). The largest absolute Gasteiger partial charge is 0.374 e. The highest BCUT2D eigenvalue weighted by Crippen LogP contribution is 2.40. The van der Waals surface area contributed by atoms with Gasteiger partial charge in [0, 0.05) is 12.1 Å². The quantitative estimate of drug-likeness (QED) is 0.732. The van der Waals surface area contributed by atoms with Crippen molar-refractivity contribution in [2.75, 3.05) is 6.61 Å². The van der Waals surface area contributed by atoms with Crippen molar-refractivity contribution in [1.82, 2.24) is 0 Å². The zero-order valence-corrected chi connectivity index (χ0v) is 9.39. The maximum atomic E-state index is 6.44. The molecule has 1 aliphatic heterocycles. The van der Waals surface area contributed by atoms with E-state index in [0.29, 0.717) is 5.92 Å². The fourth-order valence-electron chi connectivity index (χ4n) is 2.44. The van der Waals surface area contributed by atoms with E-state index in [1.54, 1.807) is 0 Å². The van der Waals surface area contributed by atoms with Crippen LogP contribution in [0, 0.1) is 5.92 Å². The molecule has 0 radical (unpaired) electrons. The zero-order valence-electron chi connectivity index (χ0n) is 9.39. The van der Waals surface area contributed by atoms with Crippen LogP contribution in [0.3, 0.4) is 0 Å². The molecule has 1 fully saturated rings. The molecule has 0 saturated carbocycles. The van der Waals surface area contributed by atoms with Gasteiger partial charge in [0.2, 0.25) is 0 Å². The van der Waals surface area contributed by atoms with Crippen LogP contribution < -0.4 is 5.73 Å². The standard InChI is InChI=1S/C11H23NO/c1-5-6-9(2)11(12)7-8-13-10(11,3)4/h9H,5-8,12H2,1-4H3. The van der Waals surface area contributed by atoms with Crippen LogP contribution in [0.25, 0.3) is 0 Å². The molecular formula is C11H23NO. The molecule has 2 nitrogen and oxygen atoms in total. The number of rotatable bonds is 3. The van der Waals surface area contributed by atoms with Gasteiger partial charge in [0.05, 0.1) is 5.60 Å².